The van der Waals surface area contributed by atoms with Crippen LogP contribution in [0.2, 0.25) is 0 Å². The van der Waals surface area contributed by atoms with Gasteiger partial charge in [0.1, 0.15) is 0 Å². The number of rotatable bonds is 2. The van der Waals surface area contributed by atoms with Crippen LogP contribution >= 0.6 is 0 Å². The lowest BCUT2D eigenvalue weighted by Gasteiger charge is -2.29. The van der Waals surface area contributed by atoms with Crippen LogP contribution in [0.3, 0.4) is 0 Å². The fraction of sp³-hybridized carbons (Fsp3) is 0.538. The molecule has 16 heavy (non-hydrogen) atoms. The molecule has 0 aromatic heterocycles. The standard InChI is InChI=1S/C13H19N3/c1-2-4-13-11(3-1)9-12(15-13)10-16-7-5-14-6-8-16/h1-4,12,14-15H,5-10H2/t12-/m0/s1. The molecule has 2 aliphatic rings. The number of nitrogens with one attached hydrogen (secondary N) is 2. The minimum absolute atomic E-state index is 0.607. The van der Waals surface area contributed by atoms with Crippen LogP contribution in [0.5, 0.6) is 0 Å². The van der Waals surface area contributed by atoms with Crippen LogP contribution in [0.15, 0.2) is 24.3 Å². The average molecular weight is 217 g/mol. The van der Waals surface area contributed by atoms with Gasteiger partial charge < -0.3 is 10.6 Å². The Bertz CT molecular complexity index is 333. The molecule has 0 bridgehead atoms. The van der Waals surface area contributed by atoms with Gasteiger partial charge in [-0.25, -0.2) is 0 Å². The third kappa shape index (κ3) is 2.06. The van der Waals surface area contributed by atoms with E-state index in [1.165, 1.54) is 37.3 Å². The summed E-state index contributed by atoms with van der Waals surface area (Å²) in [5, 5.41) is 7.01. The summed E-state index contributed by atoms with van der Waals surface area (Å²) in [6.45, 7) is 5.83. The average Bonchev–Trinajstić information content (AvgIpc) is 2.72. The van der Waals surface area contributed by atoms with Gasteiger partial charge in [-0.2, -0.15) is 0 Å². The van der Waals surface area contributed by atoms with Gasteiger partial charge in [0.15, 0.2) is 0 Å². The molecule has 0 spiro atoms. The molecule has 1 saturated heterocycles. The predicted octanol–water partition coefficient (Wildman–Crippen LogP) is 0.928. The van der Waals surface area contributed by atoms with Gasteiger partial charge in [-0.15, -0.1) is 0 Å². The van der Waals surface area contributed by atoms with Crippen molar-refractivity contribution in [3.05, 3.63) is 29.8 Å². The van der Waals surface area contributed by atoms with Gasteiger partial charge in [0.05, 0.1) is 0 Å². The largest absolute Gasteiger partial charge is 0.380 e. The molecular formula is C13H19N3. The molecular weight excluding hydrogens is 198 g/mol. The van der Waals surface area contributed by atoms with Crippen molar-refractivity contribution in [2.45, 2.75) is 12.5 Å². The summed E-state index contributed by atoms with van der Waals surface area (Å²) in [6.07, 6.45) is 1.18. The highest BCUT2D eigenvalue weighted by Gasteiger charge is 2.22. The van der Waals surface area contributed by atoms with Crippen molar-refractivity contribution < 1.29 is 0 Å². The van der Waals surface area contributed by atoms with E-state index in [4.69, 9.17) is 0 Å². The Morgan fingerprint density at radius 2 is 2.00 bits per heavy atom. The minimum Gasteiger partial charge on any atom is -0.380 e. The Balaban J connectivity index is 1.59. The summed E-state index contributed by atoms with van der Waals surface area (Å²) >= 11 is 0. The van der Waals surface area contributed by atoms with Crippen molar-refractivity contribution in [3.8, 4) is 0 Å². The molecule has 1 fully saturated rings. The smallest absolute Gasteiger partial charge is 0.0429 e. The number of hydrogen-bond donors (Lipinski definition) is 2. The first-order chi connectivity index (χ1) is 7.92. The van der Waals surface area contributed by atoms with Crippen LogP contribution in [0.25, 0.3) is 0 Å². The fourth-order valence-corrected chi connectivity index (χ4v) is 2.69. The van der Waals surface area contributed by atoms with E-state index < -0.39 is 0 Å². The lowest BCUT2D eigenvalue weighted by Crippen LogP contribution is -2.47. The molecule has 3 rings (SSSR count). The van der Waals surface area contributed by atoms with E-state index in [0.717, 1.165) is 13.1 Å². The van der Waals surface area contributed by atoms with Crippen LogP contribution in [-0.4, -0.2) is 43.7 Å². The second-order valence-electron chi connectivity index (χ2n) is 4.75. The summed E-state index contributed by atoms with van der Waals surface area (Å²) in [6, 6.07) is 9.27. The number of nitrogens with zero attached hydrogens (tertiary/aromatic N) is 1. The molecule has 2 N–H and O–H groups in total. The number of hydrogen-bond acceptors (Lipinski definition) is 3. The van der Waals surface area contributed by atoms with E-state index in [1.54, 1.807) is 0 Å². The van der Waals surface area contributed by atoms with Gasteiger partial charge in [-0.3, -0.25) is 4.90 Å². The van der Waals surface area contributed by atoms with Crippen LogP contribution in [0, 0.1) is 0 Å². The van der Waals surface area contributed by atoms with E-state index in [0.29, 0.717) is 6.04 Å². The lowest BCUT2D eigenvalue weighted by atomic mass is 10.1. The monoisotopic (exact) mass is 217 g/mol. The van der Waals surface area contributed by atoms with Gasteiger partial charge >= 0.3 is 0 Å². The van der Waals surface area contributed by atoms with Crippen LogP contribution in [0.1, 0.15) is 5.56 Å². The number of benzene rings is 1. The maximum atomic E-state index is 3.62. The number of anilines is 1. The summed E-state index contributed by atoms with van der Waals surface area (Å²) in [5.74, 6) is 0. The zero-order chi connectivity index (χ0) is 10.8. The molecule has 0 radical (unpaired) electrons. The third-order valence-electron chi connectivity index (χ3n) is 3.53. The van der Waals surface area contributed by atoms with Crippen molar-refractivity contribution in [1.29, 1.82) is 0 Å². The van der Waals surface area contributed by atoms with E-state index in [9.17, 15) is 0 Å². The minimum atomic E-state index is 0.607. The molecule has 2 aliphatic heterocycles. The van der Waals surface area contributed by atoms with Crippen molar-refractivity contribution >= 4 is 5.69 Å². The maximum absolute atomic E-state index is 3.62. The molecule has 1 aromatic carbocycles. The third-order valence-corrected chi connectivity index (χ3v) is 3.53. The van der Waals surface area contributed by atoms with E-state index >= 15 is 0 Å². The first-order valence-electron chi connectivity index (χ1n) is 6.19. The highest BCUT2D eigenvalue weighted by atomic mass is 15.2. The Labute approximate surface area is 96.8 Å². The highest BCUT2D eigenvalue weighted by molar-refractivity contribution is 5.56. The molecule has 0 unspecified atom stereocenters. The molecule has 3 nitrogen and oxygen atoms in total. The Kier molecular flexibility index (Phi) is 2.80. The van der Waals surface area contributed by atoms with Crippen molar-refractivity contribution in [1.82, 2.24) is 10.2 Å². The summed E-state index contributed by atoms with van der Waals surface area (Å²) < 4.78 is 0. The quantitative estimate of drug-likeness (QED) is 0.771. The Morgan fingerprint density at radius 3 is 2.81 bits per heavy atom. The van der Waals surface area contributed by atoms with Crippen LogP contribution < -0.4 is 10.6 Å². The first-order valence-corrected chi connectivity index (χ1v) is 6.19. The van der Waals surface area contributed by atoms with Gasteiger partial charge in [0.2, 0.25) is 0 Å². The number of piperazine rings is 1. The first kappa shape index (κ1) is 10.1. The number of para-hydroxylation sites is 1. The molecule has 0 amide bonds. The topological polar surface area (TPSA) is 27.3 Å². The second kappa shape index (κ2) is 4.44. The predicted molar refractivity (Wildman–Crippen MR) is 66.9 cm³/mol. The van der Waals surface area contributed by atoms with Crippen LogP contribution in [-0.2, 0) is 6.42 Å². The molecule has 1 aromatic rings. The SMILES string of the molecule is c1ccc2c(c1)C[C@@H](CN1CCNCC1)N2. The van der Waals surface area contributed by atoms with Gasteiger partial charge in [0.25, 0.3) is 0 Å². The molecule has 1 atom stereocenters. The summed E-state index contributed by atoms with van der Waals surface area (Å²) in [5.41, 5.74) is 2.81. The van der Waals surface area contributed by atoms with E-state index in [1.807, 2.05) is 0 Å². The lowest BCUT2D eigenvalue weighted by molar-refractivity contribution is 0.233. The van der Waals surface area contributed by atoms with Gasteiger partial charge in [-0.1, -0.05) is 18.2 Å². The second-order valence-corrected chi connectivity index (χ2v) is 4.75. The zero-order valence-corrected chi connectivity index (χ0v) is 9.58. The Hall–Kier alpha value is -1.06. The van der Waals surface area contributed by atoms with Gasteiger partial charge in [-0.05, 0) is 18.1 Å². The normalized spacial score (nSPS) is 25.1. The van der Waals surface area contributed by atoms with E-state index in [-0.39, 0.29) is 0 Å². The fourth-order valence-electron chi connectivity index (χ4n) is 2.69. The molecule has 3 heteroatoms. The van der Waals surface area contributed by atoms with Crippen molar-refractivity contribution in [2.75, 3.05) is 38.0 Å². The highest BCUT2D eigenvalue weighted by Crippen LogP contribution is 2.25. The van der Waals surface area contributed by atoms with E-state index in [2.05, 4.69) is 39.8 Å². The molecule has 0 saturated carbocycles. The maximum Gasteiger partial charge on any atom is 0.0429 e. The summed E-state index contributed by atoms with van der Waals surface area (Å²) in [4.78, 5) is 2.56. The summed E-state index contributed by atoms with van der Waals surface area (Å²) in [7, 11) is 0. The molecule has 86 valence electrons. The zero-order valence-electron chi connectivity index (χ0n) is 9.58. The Morgan fingerprint density at radius 1 is 1.19 bits per heavy atom. The van der Waals surface area contributed by atoms with Crippen LogP contribution in [0.4, 0.5) is 5.69 Å². The number of fused-ring (bicyclic) bond motifs is 1. The van der Waals surface area contributed by atoms with Crippen molar-refractivity contribution in [2.24, 2.45) is 0 Å². The molecule has 0 aliphatic carbocycles. The molecule has 2 heterocycles. The van der Waals surface area contributed by atoms with Crippen molar-refractivity contribution in [3.63, 3.8) is 0 Å². The van der Waals surface area contributed by atoms with Gasteiger partial charge in [0, 0.05) is 44.5 Å².